The molecule has 1 N–H and O–H groups in total. The molecular weight excluding hydrogens is 256 g/mol. The molecule has 1 aromatic carbocycles. The van der Waals surface area contributed by atoms with Crippen molar-refractivity contribution in [1.29, 1.82) is 0 Å². The second-order valence-corrected chi connectivity index (χ2v) is 4.73. The molecule has 0 saturated heterocycles. The van der Waals surface area contributed by atoms with E-state index < -0.39 is 4.92 Å². The maximum Gasteiger partial charge on any atom is 0.269 e. The monoisotopic (exact) mass is 272 g/mol. The lowest BCUT2D eigenvalue weighted by molar-refractivity contribution is -0.384. The van der Waals surface area contributed by atoms with E-state index >= 15 is 0 Å². The van der Waals surface area contributed by atoms with Crippen LogP contribution in [0.1, 0.15) is 31.2 Å². The highest BCUT2D eigenvalue weighted by atomic mass is 16.6. The van der Waals surface area contributed by atoms with E-state index in [-0.39, 0.29) is 11.6 Å². The summed E-state index contributed by atoms with van der Waals surface area (Å²) in [7, 11) is 0. The van der Waals surface area contributed by atoms with E-state index in [4.69, 9.17) is 0 Å². The third-order valence-corrected chi connectivity index (χ3v) is 2.81. The quantitative estimate of drug-likeness (QED) is 0.668. The molecule has 6 nitrogen and oxygen atoms in total. The summed E-state index contributed by atoms with van der Waals surface area (Å²) in [6.07, 6.45) is 1.72. The number of nitrogens with zero attached hydrogens (tertiary/aromatic N) is 3. The Balaban J connectivity index is 2.01. The number of anilines is 1. The van der Waals surface area contributed by atoms with Gasteiger partial charge in [0, 0.05) is 30.8 Å². The zero-order chi connectivity index (χ0) is 14.5. The third-order valence-electron chi connectivity index (χ3n) is 2.81. The smallest absolute Gasteiger partial charge is 0.269 e. The largest absolute Gasteiger partial charge is 0.366 e. The summed E-state index contributed by atoms with van der Waals surface area (Å²) < 4.78 is 0. The van der Waals surface area contributed by atoms with Gasteiger partial charge in [-0.2, -0.15) is 0 Å². The number of hydrogen-bond acceptors (Lipinski definition) is 5. The number of non-ortho nitro benzene ring substituents is 1. The van der Waals surface area contributed by atoms with Gasteiger partial charge in [-0.05, 0) is 11.6 Å². The second-order valence-electron chi connectivity index (χ2n) is 4.73. The van der Waals surface area contributed by atoms with Crippen LogP contribution in [0.2, 0.25) is 0 Å². The zero-order valence-electron chi connectivity index (χ0n) is 11.4. The lowest BCUT2D eigenvalue weighted by Crippen LogP contribution is -2.05. The van der Waals surface area contributed by atoms with E-state index in [2.05, 4.69) is 15.3 Å². The summed E-state index contributed by atoms with van der Waals surface area (Å²) >= 11 is 0. The number of hydrogen-bond donors (Lipinski definition) is 1. The molecule has 1 aromatic heterocycles. The summed E-state index contributed by atoms with van der Waals surface area (Å²) in [5.74, 6) is 1.82. The van der Waals surface area contributed by atoms with Crippen LogP contribution >= 0.6 is 0 Å². The molecule has 0 fully saturated rings. The number of benzene rings is 1. The average Bonchev–Trinajstić information content (AvgIpc) is 2.46. The topological polar surface area (TPSA) is 81.0 Å². The molecule has 2 rings (SSSR count). The normalized spacial score (nSPS) is 10.6. The van der Waals surface area contributed by atoms with E-state index in [9.17, 15) is 10.1 Å². The van der Waals surface area contributed by atoms with Crippen molar-refractivity contribution in [3.63, 3.8) is 0 Å². The van der Waals surface area contributed by atoms with Gasteiger partial charge in [-0.25, -0.2) is 9.97 Å². The van der Waals surface area contributed by atoms with Crippen molar-refractivity contribution in [3.8, 4) is 0 Å². The maximum absolute atomic E-state index is 10.6. The van der Waals surface area contributed by atoms with Gasteiger partial charge in [-0.15, -0.1) is 0 Å². The summed E-state index contributed by atoms with van der Waals surface area (Å²) in [4.78, 5) is 18.8. The number of rotatable bonds is 5. The Morgan fingerprint density at radius 3 is 2.55 bits per heavy atom. The molecule has 20 heavy (non-hydrogen) atoms. The first-order valence-corrected chi connectivity index (χ1v) is 6.36. The van der Waals surface area contributed by atoms with Crippen molar-refractivity contribution >= 4 is 11.5 Å². The average molecular weight is 272 g/mol. The van der Waals surface area contributed by atoms with Gasteiger partial charge in [-0.3, -0.25) is 10.1 Å². The Hall–Kier alpha value is -2.50. The molecule has 0 bridgehead atoms. The van der Waals surface area contributed by atoms with Gasteiger partial charge >= 0.3 is 0 Å². The highest BCUT2D eigenvalue weighted by Crippen LogP contribution is 2.14. The Morgan fingerprint density at radius 1 is 1.25 bits per heavy atom. The minimum atomic E-state index is -0.406. The van der Waals surface area contributed by atoms with Crippen LogP contribution in [0.3, 0.4) is 0 Å². The molecule has 2 aromatic rings. The van der Waals surface area contributed by atoms with Gasteiger partial charge in [0.25, 0.3) is 5.69 Å². The lowest BCUT2D eigenvalue weighted by Gasteiger charge is -2.08. The van der Waals surface area contributed by atoms with Crippen LogP contribution in [0.25, 0.3) is 0 Å². The van der Waals surface area contributed by atoms with Crippen LogP contribution < -0.4 is 5.32 Å². The van der Waals surface area contributed by atoms with E-state index in [0.29, 0.717) is 6.54 Å². The molecule has 0 aliphatic rings. The molecule has 0 atom stereocenters. The molecule has 0 amide bonds. The van der Waals surface area contributed by atoms with Crippen LogP contribution in [0.4, 0.5) is 11.5 Å². The van der Waals surface area contributed by atoms with Crippen molar-refractivity contribution < 1.29 is 4.92 Å². The Bertz CT molecular complexity index is 596. The van der Waals surface area contributed by atoms with Crippen molar-refractivity contribution in [1.82, 2.24) is 9.97 Å². The van der Waals surface area contributed by atoms with Crippen LogP contribution in [0, 0.1) is 10.1 Å². The molecule has 0 unspecified atom stereocenters. The lowest BCUT2D eigenvalue weighted by atomic mass is 10.2. The first-order chi connectivity index (χ1) is 9.56. The Morgan fingerprint density at radius 2 is 1.95 bits per heavy atom. The molecule has 0 aliphatic carbocycles. The van der Waals surface area contributed by atoms with E-state index in [1.165, 1.54) is 12.1 Å². The van der Waals surface area contributed by atoms with Gasteiger partial charge in [-0.1, -0.05) is 26.0 Å². The number of nitrogens with one attached hydrogen (secondary N) is 1. The SMILES string of the molecule is CC(C)c1nccc(NCc2ccc([N+](=O)[O-])cc2)n1. The summed E-state index contributed by atoms with van der Waals surface area (Å²) in [6, 6.07) is 8.26. The molecule has 0 radical (unpaired) electrons. The Labute approximate surface area is 117 Å². The van der Waals surface area contributed by atoms with E-state index in [1.54, 1.807) is 24.4 Å². The van der Waals surface area contributed by atoms with Crippen LogP contribution in [-0.4, -0.2) is 14.9 Å². The van der Waals surface area contributed by atoms with E-state index in [0.717, 1.165) is 17.2 Å². The van der Waals surface area contributed by atoms with Gasteiger partial charge in [0.05, 0.1) is 4.92 Å². The van der Waals surface area contributed by atoms with Crippen LogP contribution in [0.15, 0.2) is 36.5 Å². The second kappa shape index (κ2) is 6.10. The van der Waals surface area contributed by atoms with Crippen molar-refractivity contribution in [2.24, 2.45) is 0 Å². The number of aromatic nitrogens is 2. The fourth-order valence-electron chi connectivity index (χ4n) is 1.68. The fraction of sp³-hybridized carbons (Fsp3) is 0.286. The minimum absolute atomic E-state index is 0.0953. The zero-order valence-corrected chi connectivity index (χ0v) is 11.4. The first-order valence-electron chi connectivity index (χ1n) is 6.36. The van der Waals surface area contributed by atoms with Crippen molar-refractivity contribution in [2.45, 2.75) is 26.3 Å². The van der Waals surface area contributed by atoms with Crippen molar-refractivity contribution in [3.05, 3.63) is 58.0 Å². The summed E-state index contributed by atoms with van der Waals surface area (Å²) in [6.45, 7) is 4.64. The summed E-state index contributed by atoms with van der Waals surface area (Å²) in [5, 5.41) is 13.7. The fourth-order valence-corrected chi connectivity index (χ4v) is 1.68. The van der Waals surface area contributed by atoms with Gasteiger partial charge in [0.2, 0.25) is 0 Å². The third kappa shape index (κ3) is 3.50. The standard InChI is InChI=1S/C14H16N4O2/c1-10(2)14-15-8-7-13(17-14)16-9-11-3-5-12(6-4-11)18(19)20/h3-8,10H,9H2,1-2H3,(H,15,16,17). The molecule has 1 heterocycles. The number of nitro benzene ring substituents is 1. The highest BCUT2D eigenvalue weighted by molar-refractivity contribution is 5.37. The predicted octanol–water partition coefficient (Wildman–Crippen LogP) is 3.12. The summed E-state index contributed by atoms with van der Waals surface area (Å²) in [5.41, 5.74) is 1.05. The van der Waals surface area contributed by atoms with Gasteiger partial charge < -0.3 is 5.32 Å². The number of nitro groups is 1. The molecule has 6 heteroatoms. The molecule has 104 valence electrons. The van der Waals surface area contributed by atoms with Crippen LogP contribution in [0.5, 0.6) is 0 Å². The predicted molar refractivity (Wildman–Crippen MR) is 76.5 cm³/mol. The molecule has 0 aliphatic heterocycles. The molecular formula is C14H16N4O2. The molecule has 0 spiro atoms. The van der Waals surface area contributed by atoms with Gasteiger partial charge in [0.15, 0.2) is 0 Å². The van der Waals surface area contributed by atoms with Crippen molar-refractivity contribution in [2.75, 3.05) is 5.32 Å². The van der Waals surface area contributed by atoms with E-state index in [1.807, 2.05) is 13.8 Å². The Kier molecular flexibility index (Phi) is 4.24. The first kappa shape index (κ1) is 13.9. The highest BCUT2D eigenvalue weighted by Gasteiger charge is 2.05. The maximum atomic E-state index is 10.6. The van der Waals surface area contributed by atoms with Gasteiger partial charge in [0.1, 0.15) is 11.6 Å². The minimum Gasteiger partial charge on any atom is -0.366 e. The van der Waals surface area contributed by atoms with Crippen LogP contribution in [-0.2, 0) is 6.54 Å². The molecule has 0 saturated carbocycles.